The highest BCUT2D eigenvalue weighted by Crippen LogP contribution is 2.24. The van der Waals surface area contributed by atoms with Crippen LogP contribution in [0.5, 0.6) is 5.75 Å². The molecule has 0 saturated carbocycles. The van der Waals surface area contributed by atoms with Gasteiger partial charge in [-0.15, -0.1) is 5.10 Å². The van der Waals surface area contributed by atoms with Crippen LogP contribution in [0.3, 0.4) is 0 Å². The number of carbonyl (C=O) groups excluding carboxylic acids is 2. The van der Waals surface area contributed by atoms with Crippen LogP contribution in [0.1, 0.15) is 21.0 Å². The second-order valence-corrected chi connectivity index (χ2v) is 7.75. The first-order valence-electron chi connectivity index (χ1n) is 9.78. The zero-order chi connectivity index (χ0) is 23.4. The standard InChI is InChI=1S/C24H17Cl2N3O4/c1-32-20-12-10-19(11-13-20)29-23(16-4-8-18(26)9-5-16)27-22(28-29)24(31)33-14-21(30)15-2-6-17(25)7-3-15/h2-13H,14H2,1H3. The van der Waals surface area contributed by atoms with Gasteiger partial charge in [0, 0.05) is 21.2 Å². The molecule has 7 nitrogen and oxygen atoms in total. The number of rotatable bonds is 7. The summed E-state index contributed by atoms with van der Waals surface area (Å²) in [5.41, 5.74) is 1.73. The highest BCUT2D eigenvalue weighted by atomic mass is 35.5. The van der Waals surface area contributed by atoms with Crippen molar-refractivity contribution in [3.63, 3.8) is 0 Å². The number of ketones is 1. The van der Waals surface area contributed by atoms with Crippen molar-refractivity contribution < 1.29 is 19.1 Å². The Morgan fingerprint density at radius 1 is 0.879 bits per heavy atom. The number of benzene rings is 3. The van der Waals surface area contributed by atoms with E-state index in [9.17, 15) is 9.59 Å². The minimum atomic E-state index is -0.820. The molecular formula is C24H17Cl2N3O4. The van der Waals surface area contributed by atoms with E-state index in [4.69, 9.17) is 32.7 Å². The Bertz CT molecular complexity index is 1290. The number of methoxy groups -OCH3 is 1. The van der Waals surface area contributed by atoms with Crippen molar-refractivity contribution in [2.24, 2.45) is 0 Å². The molecule has 0 bridgehead atoms. The number of nitrogens with zero attached hydrogens (tertiary/aromatic N) is 3. The maximum Gasteiger partial charge on any atom is 0.378 e. The predicted octanol–water partition coefficient (Wildman–Crippen LogP) is 5.29. The Balaban J connectivity index is 1.61. The lowest BCUT2D eigenvalue weighted by atomic mass is 10.1. The van der Waals surface area contributed by atoms with Gasteiger partial charge in [0.15, 0.2) is 18.2 Å². The third kappa shape index (κ3) is 5.22. The number of esters is 1. The normalized spacial score (nSPS) is 10.6. The van der Waals surface area contributed by atoms with Crippen molar-refractivity contribution in [2.75, 3.05) is 13.7 Å². The molecule has 0 radical (unpaired) electrons. The quantitative estimate of drug-likeness (QED) is 0.263. The molecule has 33 heavy (non-hydrogen) atoms. The number of ether oxygens (including phenoxy) is 2. The lowest BCUT2D eigenvalue weighted by Crippen LogP contribution is -2.15. The van der Waals surface area contributed by atoms with E-state index >= 15 is 0 Å². The highest BCUT2D eigenvalue weighted by Gasteiger charge is 2.21. The Morgan fingerprint density at radius 3 is 2.09 bits per heavy atom. The van der Waals surface area contributed by atoms with Crippen LogP contribution in [0.25, 0.3) is 17.1 Å². The van der Waals surface area contributed by atoms with Crippen molar-refractivity contribution in [1.82, 2.24) is 14.8 Å². The summed E-state index contributed by atoms with van der Waals surface area (Å²) in [6.45, 7) is -0.451. The third-order valence-corrected chi connectivity index (χ3v) is 5.21. The summed E-state index contributed by atoms with van der Waals surface area (Å²) in [5.74, 6) is -0.285. The number of aromatic nitrogens is 3. The molecule has 0 saturated heterocycles. The van der Waals surface area contributed by atoms with Gasteiger partial charge in [0.2, 0.25) is 0 Å². The fourth-order valence-corrected chi connectivity index (χ4v) is 3.25. The van der Waals surface area contributed by atoms with Crippen molar-refractivity contribution in [3.8, 4) is 22.8 Å². The van der Waals surface area contributed by atoms with Gasteiger partial charge in [-0.1, -0.05) is 23.2 Å². The Hall–Kier alpha value is -3.68. The van der Waals surface area contributed by atoms with Crippen LogP contribution >= 0.6 is 23.2 Å². The molecule has 0 aliphatic carbocycles. The van der Waals surface area contributed by atoms with Crippen LogP contribution in [0.15, 0.2) is 72.8 Å². The summed E-state index contributed by atoms with van der Waals surface area (Å²) in [6.07, 6.45) is 0. The first kappa shape index (κ1) is 22.5. The number of hydrogen-bond acceptors (Lipinski definition) is 6. The van der Waals surface area contributed by atoms with E-state index < -0.39 is 12.6 Å². The van der Waals surface area contributed by atoms with Crippen LogP contribution < -0.4 is 4.74 Å². The van der Waals surface area contributed by atoms with Crippen LogP contribution in [0.2, 0.25) is 10.0 Å². The average molecular weight is 482 g/mol. The fourth-order valence-electron chi connectivity index (χ4n) is 3.00. The monoisotopic (exact) mass is 481 g/mol. The molecule has 4 aromatic rings. The van der Waals surface area contributed by atoms with Crippen molar-refractivity contribution in [1.29, 1.82) is 0 Å². The molecule has 3 aromatic carbocycles. The van der Waals surface area contributed by atoms with E-state index in [1.165, 1.54) is 4.68 Å². The second kappa shape index (κ2) is 9.85. The summed E-state index contributed by atoms with van der Waals surface area (Å²) >= 11 is 11.8. The molecule has 0 aliphatic heterocycles. The Labute approximate surface area is 199 Å². The first-order valence-corrected chi connectivity index (χ1v) is 10.5. The fraction of sp³-hybridized carbons (Fsp3) is 0.0833. The van der Waals surface area contributed by atoms with Gasteiger partial charge >= 0.3 is 5.97 Å². The zero-order valence-corrected chi connectivity index (χ0v) is 18.9. The van der Waals surface area contributed by atoms with Crippen molar-refractivity contribution in [3.05, 3.63) is 94.2 Å². The van der Waals surface area contributed by atoms with Gasteiger partial charge in [-0.05, 0) is 72.8 Å². The maximum absolute atomic E-state index is 12.6. The second-order valence-electron chi connectivity index (χ2n) is 6.88. The largest absolute Gasteiger partial charge is 0.497 e. The third-order valence-electron chi connectivity index (χ3n) is 4.71. The molecule has 9 heteroatoms. The molecule has 0 aliphatic rings. The predicted molar refractivity (Wildman–Crippen MR) is 124 cm³/mol. The SMILES string of the molecule is COc1ccc(-n2nc(C(=O)OCC(=O)c3ccc(Cl)cc3)nc2-c2ccc(Cl)cc2)cc1. The molecule has 0 unspecified atom stereocenters. The van der Waals surface area contributed by atoms with E-state index in [0.717, 1.165) is 0 Å². The van der Waals surface area contributed by atoms with Gasteiger partial charge in [-0.2, -0.15) is 0 Å². The summed E-state index contributed by atoms with van der Waals surface area (Å²) < 4.78 is 11.9. The number of carbonyl (C=O) groups is 2. The maximum atomic E-state index is 12.6. The molecule has 0 amide bonds. The molecule has 0 atom stereocenters. The van der Waals surface area contributed by atoms with Crippen molar-refractivity contribution in [2.45, 2.75) is 0 Å². The number of Topliss-reactive ketones (excluding diaryl/α,β-unsaturated/α-hetero) is 1. The van der Waals surface area contributed by atoms with Crippen LogP contribution in [0.4, 0.5) is 0 Å². The Kier molecular flexibility index (Phi) is 6.72. The van der Waals surface area contributed by atoms with Gasteiger partial charge in [0.1, 0.15) is 5.75 Å². The van der Waals surface area contributed by atoms with Gasteiger partial charge in [-0.25, -0.2) is 14.5 Å². The van der Waals surface area contributed by atoms with Gasteiger partial charge in [0.05, 0.1) is 12.8 Å². The van der Waals surface area contributed by atoms with Crippen LogP contribution in [-0.4, -0.2) is 40.2 Å². The van der Waals surface area contributed by atoms with Crippen molar-refractivity contribution >= 4 is 35.0 Å². The Morgan fingerprint density at radius 2 is 1.48 bits per heavy atom. The summed E-state index contributed by atoms with van der Waals surface area (Å²) in [6, 6.07) is 20.4. The van der Waals surface area contributed by atoms with Crippen LogP contribution in [-0.2, 0) is 4.74 Å². The first-order chi connectivity index (χ1) is 15.9. The summed E-state index contributed by atoms with van der Waals surface area (Å²) in [4.78, 5) is 29.3. The highest BCUT2D eigenvalue weighted by molar-refractivity contribution is 6.31. The molecule has 166 valence electrons. The molecule has 1 heterocycles. The lowest BCUT2D eigenvalue weighted by molar-refractivity contribution is 0.0462. The van der Waals surface area contributed by atoms with E-state index in [1.807, 2.05) is 0 Å². The van der Waals surface area contributed by atoms with Crippen LogP contribution in [0, 0.1) is 0 Å². The molecule has 1 aromatic heterocycles. The molecule has 0 fully saturated rings. The zero-order valence-electron chi connectivity index (χ0n) is 17.4. The summed E-state index contributed by atoms with van der Waals surface area (Å²) in [5, 5.41) is 5.40. The molecular weight excluding hydrogens is 465 g/mol. The summed E-state index contributed by atoms with van der Waals surface area (Å²) in [7, 11) is 1.57. The minimum Gasteiger partial charge on any atom is -0.497 e. The molecule has 0 N–H and O–H groups in total. The van der Waals surface area contributed by atoms with E-state index in [0.29, 0.717) is 38.4 Å². The number of halogens is 2. The van der Waals surface area contributed by atoms with E-state index in [2.05, 4.69) is 10.1 Å². The van der Waals surface area contributed by atoms with E-state index in [1.54, 1.807) is 79.9 Å². The molecule has 0 spiro atoms. The molecule has 4 rings (SSSR count). The van der Waals surface area contributed by atoms with Gasteiger partial charge in [-0.3, -0.25) is 4.79 Å². The smallest absolute Gasteiger partial charge is 0.378 e. The van der Waals surface area contributed by atoms with Gasteiger partial charge in [0.25, 0.3) is 5.82 Å². The number of hydrogen-bond donors (Lipinski definition) is 0. The average Bonchev–Trinajstić information content (AvgIpc) is 3.29. The topological polar surface area (TPSA) is 83.3 Å². The minimum absolute atomic E-state index is 0.181. The lowest BCUT2D eigenvalue weighted by Gasteiger charge is -2.07. The van der Waals surface area contributed by atoms with Gasteiger partial charge < -0.3 is 9.47 Å². The van der Waals surface area contributed by atoms with E-state index in [-0.39, 0.29) is 11.6 Å².